The number of nitrogens with zero attached hydrogens (tertiary/aromatic N) is 3. The number of ether oxygens (including phenoxy) is 1. The van der Waals surface area contributed by atoms with Crippen LogP contribution in [0.5, 0.6) is 0 Å². The van der Waals surface area contributed by atoms with Crippen molar-refractivity contribution in [3.05, 3.63) is 16.7 Å². The third-order valence-electron chi connectivity index (χ3n) is 3.68. The van der Waals surface area contributed by atoms with Gasteiger partial charge in [-0.1, -0.05) is 0 Å². The number of aromatic amines is 1. The van der Waals surface area contributed by atoms with Gasteiger partial charge in [-0.15, -0.1) is 0 Å². The fourth-order valence-corrected chi connectivity index (χ4v) is 2.98. The molecule has 2 aromatic heterocycles. The quantitative estimate of drug-likeness (QED) is 0.372. The molecule has 3 heterocycles. The summed E-state index contributed by atoms with van der Waals surface area (Å²) < 4.78 is 24.1. The Labute approximate surface area is 130 Å². The number of nitrogens with one attached hydrogen (secondary N) is 1. The first kappa shape index (κ1) is 16.1. The molecule has 1 aliphatic heterocycles. The zero-order chi connectivity index (χ0) is 16.7. The van der Waals surface area contributed by atoms with Crippen molar-refractivity contribution in [2.24, 2.45) is 7.05 Å². The van der Waals surface area contributed by atoms with E-state index in [1.54, 1.807) is 22.5 Å². The van der Waals surface area contributed by atoms with Gasteiger partial charge >= 0.3 is 13.8 Å². The maximum atomic E-state index is 12.0. The number of hydrogen-bond acceptors (Lipinski definition) is 7. The fraction of sp³-hybridized carbons (Fsp3) is 0.545. The molecule has 2 aromatic rings. The van der Waals surface area contributed by atoms with Crippen molar-refractivity contribution >= 4 is 25.4 Å². The van der Waals surface area contributed by atoms with Crippen LogP contribution in [0, 0.1) is 0 Å². The third kappa shape index (κ3) is 3.01. The molecule has 11 nitrogen and oxygen atoms in total. The molecule has 0 spiro atoms. The number of aliphatic hydroxyl groups is 1. The SMILES string of the molecule is C[n+]1cn([C@H]2CC(O)[C@@H](CO[PH](=O)O)O2)c2nc(N)[nH]c(=O)c21. The normalized spacial score (nSPS) is 26.0. The van der Waals surface area contributed by atoms with E-state index in [0.29, 0.717) is 11.2 Å². The van der Waals surface area contributed by atoms with E-state index in [4.69, 9.17) is 15.4 Å². The molecule has 126 valence electrons. The third-order valence-corrected chi connectivity index (χ3v) is 4.09. The van der Waals surface area contributed by atoms with Gasteiger partial charge in [0.15, 0.2) is 0 Å². The second-order valence-corrected chi connectivity index (χ2v) is 6.09. The molecule has 0 saturated carbocycles. The predicted octanol–water partition coefficient (Wildman–Crippen LogP) is -1.82. The molecule has 3 rings (SSSR count). The zero-order valence-corrected chi connectivity index (χ0v) is 13.2. The van der Waals surface area contributed by atoms with Gasteiger partial charge in [-0.25, -0.2) is 4.57 Å². The van der Waals surface area contributed by atoms with Crippen molar-refractivity contribution < 1.29 is 28.4 Å². The Morgan fingerprint density at radius 1 is 1.70 bits per heavy atom. The second kappa shape index (κ2) is 6.02. The van der Waals surface area contributed by atoms with Crippen molar-refractivity contribution in [1.82, 2.24) is 14.5 Å². The minimum Gasteiger partial charge on any atom is -0.390 e. The van der Waals surface area contributed by atoms with Gasteiger partial charge in [0.25, 0.3) is 11.2 Å². The second-order valence-electron chi connectivity index (χ2n) is 5.27. The lowest BCUT2D eigenvalue weighted by Gasteiger charge is -2.12. The standard InChI is InChI=1S/C11H16N5O6P/c1-15-4-16(9-8(15)10(18)14-11(12)13-9)7-2-5(17)6(22-7)3-21-23(19)20/h4-7,17,23H,2-3H2,1H3,(H3-,12,13,14,18,19,20)/p+1/t5?,6-,7-/m1/s1. The van der Waals surface area contributed by atoms with Crippen LogP contribution in [0.4, 0.5) is 5.95 Å². The average Bonchev–Trinajstić information content (AvgIpc) is 2.97. The van der Waals surface area contributed by atoms with Crippen LogP contribution in [-0.4, -0.2) is 43.3 Å². The molecular formula is C11H17N5O6P+. The smallest absolute Gasteiger partial charge is 0.316 e. The molecular weight excluding hydrogens is 329 g/mol. The summed E-state index contributed by atoms with van der Waals surface area (Å²) >= 11 is 0. The van der Waals surface area contributed by atoms with Gasteiger partial charge in [0, 0.05) is 6.42 Å². The number of H-pyrrole nitrogens is 1. The lowest BCUT2D eigenvalue weighted by molar-refractivity contribution is -0.646. The zero-order valence-electron chi connectivity index (χ0n) is 12.2. The molecule has 4 atom stereocenters. The Hall–Kier alpha value is -1.78. The van der Waals surface area contributed by atoms with Crippen LogP contribution in [0.2, 0.25) is 0 Å². The van der Waals surface area contributed by atoms with Gasteiger partial charge in [0.2, 0.25) is 18.5 Å². The van der Waals surface area contributed by atoms with E-state index in [-0.39, 0.29) is 24.5 Å². The van der Waals surface area contributed by atoms with Crippen molar-refractivity contribution in [3.63, 3.8) is 0 Å². The molecule has 0 bridgehead atoms. The van der Waals surface area contributed by atoms with Crippen LogP contribution in [-0.2, 0) is 20.9 Å². The highest BCUT2D eigenvalue weighted by Gasteiger charge is 2.40. The molecule has 0 amide bonds. The Morgan fingerprint density at radius 3 is 3.13 bits per heavy atom. The summed E-state index contributed by atoms with van der Waals surface area (Å²) in [5, 5.41) is 10.0. The largest absolute Gasteiger partial charge is 0.390 e. The van der Waals surface area contributed by atoms with Crippen LogP contribution < -0.4 is 15.9 Å². The minimum absolute atomic E-state index is 0.0280. The van der Waals surface area contributed by atoms with Crippen molar-refractivity contribution in [1.29, 1.82) is 0 Å². The lowest BCUT2D eigenvalue weighted by atomic mass is 10.2. The number of anilines is 1. The first-order valence-corrected chi connectivity index (χ1v) is 8.08. The van der Waals surface area contributed by atoms with Crippen molar-refractivity contribution in [2.45, 2.75) is 24.9 Å². The summed E-state index contributed by atoms with van der Waals surface area (Å²) in [5.74, 6) is -0.0280. The van der Waals surface area contributed by atoms with E-state index in [2.05, 4.69) is 14.5 Å². The maximum Gasteiger partial charge on any atom is 0.316 e. The Kier molecular flexibility index (Phi) is 4.21. The van der Waals surface area contributed by atoms with Gasteiger partial charge in [0.05, 0.1) is 19.8 Å². The van der Waals surface area contributed by atoms with E-state index in [1.807, 2.05) is 0 Å². The Morgan fingerprint density at radius 2 is 2.43 bits per heavy atom. The van der Waals surface area contributed by atoms with E-state index in [9.17, 15) is 14.5 Å². The number of rotatable bonds is 4. The van der Waals surface area contributed by atoms with Crippen molar-refractivity contribution in [3.8, 4) is 0 Å². The molecule has 23 heavy (non-hydrogen) atoms. The van der Waals surface area contributed by atoms with Gasteiger partial charge in [-0.05, 0) is 0 Å². The van der Waals surface area contributed by atoms with E-state index in [1.165, 1.54) is 0 Å². The number of aliphatic hydroxyl groups excluding tert-OH is 1. The van der Waals surface area contributed by atoms with Crippen LogP contribution in [0.3, 0.4) is 0 Å². The summed E-state index contributed by atoms with van der Waals surface area (Å²) in [7, 11) is -1.42. The highest BCUT2D eigenvalue weighted by Crippen LogP contribution is 2.31. The molecule has 0 aromatic carbocycles. The highest BCUT2D eigenvalue weighted by atomic mass is 31.1. The number of hydrogen-bond donors (Lipinski definition) is 4. The van der Waals surface area contributed by atoms with Crippen LogP contribution in [0.25, 0.3) is 11.2 Å². The van der Waals surface area contributed by atoms with E-state index in [0.717, 1.165) is 0 Å². The molecule has 0 aliphatic carbocycles. The summed E-state index contributed by atoms with van der Waals surface area (Å²) in [4.78, 5) is 27.2. The first-order chi connectivity index (χ1) is 10.9. The average molecular weight is 346 g/mol. The number of nitrogen functional groups attached to an aromatic ring is 1. The maximum absolute atomic E-state index is 12.0. The van der Waals surface area contributed by atoms with Gasteiger partial charge in [0.1, 0.15) is 6.10 Å². The van der Waals surface area contributed by atoms with Gasteiger partial charge in [-0.2, -0.15) is 9.55 Å². The molecule has 1 aliphatic rings. The Balaban J connectivity index is 1.92. The number of aryl methyl sites for hydroxylation is 1. The van der Waals surface area contributed by atoms with Crippen LogP contribution in [0.15, 0.2) is 11.1 Å². The number of aromatic nitrogens is 4. The van der Waals surface area contributed by atoms with Crippen LogP contribution >= 0.6 is 8.25 Å². The minimum atomic E-state index is -3.09. The monoisotopic (exact) mass is 346 g/mol. The fourth-order valence-electron chi connectivity index (χ4n) is 2.67. The van der Waals surface area contributed by atoms with Gasteiger partial charge < -0.3 is 25.0 Å². The molecule has 12 heteroatoms. The summed E-state index contributed by atoms with van der Waals surface area (Å²) in [6, 6.07) is 0. The van der Waals surface area contributed by atoms with Crippen LogP contribution in [0.1, 0.15) is 12.6 Å². The van der Waals surface area contributed by atoms with Crippen molar-refractivity contribution in [2.75, 3.05) is 12.3 Å². The number of nitrogens with two attached hydrogens (primary N) is 1. The molecule has 0 radical (unpaired) electrons. The summed E-state index contributed by atoms with van der Waals surface area (Å²) in [6.07, 6.45) is -0.385. The molecule has 1 saturated heterocycles. The Bertz CT molecular complexity index is 819. The summed E-state index contributed by atoms with van der Waals surface area (Å²) in [5.41, 5.74) is 5.83. The molecule has 5 N–H and O–H groups in total. The first-order valence-electron chi connectivity index (χ1n) is 6.82. The topological polar surface area (TPSA) is 157 Å². The highest BCUT2D eigenvalue weighted by molar-refractivity contribution is 7.32. The molecule has 1 fully saturated rings. The predicted molar refractivity (Wildman–Crippen MR) is 77.6 cm³/mol. The lowest BCUT2D eigenvalue weighted by Crippen LogP contribution is -2.31. The van der Waals surface area contributed by atoms with Gasteiger partial charge in [-0.3, -0.25) is 14.3 Å². The number of fused-ring (bicyclic) bond motifs is 1. The summed E-state index contributed by atoms with van der Waals surface area (Å²) in [6.45, 7) is -0.201. The van der Waals surface area contributed by atoms with E-state index < -0.39 is 26.7 Å². The molecule has 2 unspecified atom stereocenters. The van der Waals surface area contributed by atoms with E-state index >= 15 is 0 Å². The number of imidazole rings is 1.